The Morgan fingerprint density at radius 1 is 1.00 bits per heavy atom. The average Bonchev–Trinajstić information content (AvgIpc) is 3.39. The SMILES string of the molecule is CCCN=C1C(c2cc(Br)cc(Br)c2)N(c2ccc3nc[nH]c3c2)C(=S)N1c1ccccc1. The number of thiocarbonyl (C=S) groups is 1. The minimum atomic E-state index is -0.182. The van der Waals surface area contributed by atoms with E-state index in [9.17, 15) is 0 Å². The van der Waals surface area contributed by atoms with Crippen LogP contribution < -0.4 is 9.80 Å². The number of aliphatic imine (C=N–C) groups is 1. The van der Waals surface area contributed by atoms with Crippen molar-refractivity contribution in [1.82, 2.24) is 9.97 Å². The maximum absolute atomic E-state index is 6.12. The van der Waals surface area contributed by atoms with E-state index < -0.39 is 0 Å². The van der Waals surface area contributed by atoms with Crippen LogP contribution in [-0.4, -0.2) is 27.5 Å². The Balaban J connectivity index is 1.74. The normalized spacial score (nSPS) is 17.5. The molecule has 5 rings (SSSR count). The lowest BCUT2D eigenvalue weighted by Crippen LogP contribution is -2.33. The molecule has 5 nitrogen and oxygen atoms in total. The number of fused-ring (bicyclic) bond motifs is 1. The van der Waals surface area contributed by atoms with Crippen molar-refractivity contribution < 1.29 is 0 Å². The highest BCUT2D eigenvalue weighted by Gasteiger charge is 2.43. The number of rotatable bonds is 5. The maximum Gasteiger partial charge on any atom is 0.187 e. The molecule has 0 aliphatic carbocycles. The van der Waals surface area contributed by atoms with Gasteiger partial charge in [0, 0.05) is 26.9 Å². The molecule has 3 aromatic carbocycles. The van der Waals surface area contributed by atoms with E-state index in [2.05, 4.69) is 94.9 Å². The largest absolute Gasteiger partial charge is 0.345 e. The highest BCUT2D eigenvalue weighted by Crippen LogP contribution is 2.41. The Labute approximate surface area is 214 Å². The van der Waals surface area contributed by atoms with Crippen LogP contribution in [0.2, 0.25) is 0 Å². The van der Waals surface area contributed by atoms with E-state index >= 15 is 0 Å². The zero-order chi connectivity index (χ0) is 22.9. The van der Waals surface area contributed by atoms with Gasteiger partial charge in [0.2, 0.25) is 0 Å². The number of imidazole rings is 1. The van der Waals surface area contributed by atoms with E-state index in [1.165, 1.54) is 0 Å². The lowest BCUT2D eigenvalue weighted by molar-refractivity contribution is 0.894. The fraction of sp³-hybridized carbons (Fsp3) is 0.160. The van der Waals surface area contributed by atoms with Gasteiger partial charge in [-0.3, -0.25) is 9.89 Å². The molecule has 4 aromatic rings. The smallest absolute Gasteiger partial charge is 0.187 e. The highest BCUT2D eigenvalue weighted by atomic mass is 79.9. The van der Waals surface area contributed by atoms with E-state index in [1.54, 1.807) is 6.33 Å². The number of amidine groups is 1. The van der Waals surface area contributed by atoms with E-state index in [4.69, 9.17) is 17.2 Å². The van der Waals surface area contributed by atoms with Crippen LogP contribution in [0.5, 0.6) is 0 Å². The van der Waals surface area contributed by atoms with Gasteiger partial charge >= 0.3 is 0 Å². The van der Waals surface area contributed by atoms with E-state index in [-0.39, 0.29) is 6.04 Å². The zero-order valence-corrected chi connectivity index (χ0v) is 21.9. The summed E-state index contributed by atoms with van der Waals surface area (Å²) in [6.07, 6.45) is 2.66. The molecule has 33 heavy (non-hydrogen) atoms. The molecule has 0 amide bonds. The maximum atomic E-state index is 6.12. The van der Waals surface area contributed by atoms with Crippen LogP contribution in [0, 0.1) is 0 Å². The average molecular weight is 583 g/mol. The number of halogens is 2. The van der Waals surface area contributed by atoms with Crippen molar-refractivity contribution in [1.29, 1.82) is 0 Å². The van der Waals surface area contributed by atoms with Gasteiger partial charge in [-0.2, -0.15) is 0 Å². The van der Waals surface area contributed by atoms with Gasteiger partial charge in [-0.25, -0.2) is 4.98 Å². The molecule has 1 unspecified atom stereocenters. The van der Waals surface area contributed by atoms with Crippen LogP contribution in [-0.2, 0) is 0 Å². The monoisotopic (exact) mass is 581 g/mol. The molecule has 2 heterocycles. The van der Waals surface area contributed by atoms with Crippen molar-refractivity contribution in [2.45, 2.75) is 19.4 Å². The second kappa shape index (κ2) is 9.37. The summed E-state index contributed by atoms with van der Waals surface area (Å²) in [5.41, 5.74) is 4.97. The molecule has 8 heteroatoms. The number of hydrogen-bond donors (Lipinski definition) is 1. The molecular formula is C25H21Br2N5S. The molecule has 1 aliphatic heterocycles. The number of nitrogens with one attached hydrogen (secondary N) is 1. The van der Waals surface area contributed by atoms with Crippen LogP contribution in [0.25, 0.3) is 11.0 Å². The summed E-state index contributed by atoms with van der Waals surface area (Å²) in [5.74, 6) is 0.919. The highest BCUT2D eigenvalue weighted by molar-refractivity contribution is 9.11. The molecule has 0 spiro atoms. The topological polar surface area (TPSA) is 47.5 Å². The first kappa shape index (κ1) is 22.3. The number of aromatic nitrogens is 2. The standard InChI is InChI=1S/C25H21Br2N5S/c1-2-10-28-24-23(16-11-17(26)13-18(27)12-16)31(20-8-9-21-22(14-20)30-15-29-21)25(33)32(24)19-6-4-3-5-7-19/h3-9,11-15,23H,2,10H2,1H3,(H,29,30). The molecule has 1 N–H and O–H groups in total. The third-order valence-electron chi connectivity index (χ3n) is 5.52. The number of para-hydroxylation sites is 1. The fourth-order valence-corrected chi connectivity index (χ4v) is 5.86. The summed E-state index contributed by atoms with van der Waals surface area (Å²) in [6.45, 7) is 2.86. The lowest BCUT2D eigenvalue weighted by atomic mass is 10.0. The number of benzene rings is 3. The first-order valence-electron chi connectivity index (χ1n) is 10.7. The minimum Gasteiger partial charge on any atom is -0.345 e. The van der Waals surface area contributed by atoms with Gasteiger partial charge in [-0.05, 0) is 72.7 Å². The van der Waals surface area contributed by atoms with Crippen LogP contribution in [0.3, 0.4) is 0 Å². The first-order chi connectivity index (χ1) is 16.1. The van der Waals surface area contributed by atoms with Gasteiger partial charge in [0.1, 0.15) is 11.9 Å². The van der Waals surface area contributed by atoms with Gasteiger partial charge in [-0.1, -0.05) is 57.0 Å². The molecule has 1 saturated heterocycles. The number of hydrogen-bond acceptors (Lipinski definition) is 3. The van der Waals surface area contributed by atoms with Crippen molar-refractivity contribution in [2.75, 3.05) is 16.3 Å². The van der Waals surface area contributed by atoms with Crippen molar-refractivity contribution in [2.24, 2.45) is 4.99 Å². The Hall–Kier alpha value is -2.55. The first-order valence-corrected chi connectivity index (χ1v) is 12.7. The van der Waals surface area contributed by atoms with Crippen LogP contribution in [0.1, 0.15) is 24.9 Å². The number of H-pyrrole nitrogens is 1. The summed E-state index contributed by atoms with van der Waals surface area (Å²) in [5, 5.41) is 0.691. The molecule has 1 fully saturated rings. The summed E-state index contributed by atoms with van der Waals surface area (Å²) in [6, 6.07) is 22.5. The Morgan fingerprint density at radius 2 is 1.76 bits per heavy atom. The number of nitrogens with zero attached hydrogens (tertiary/aromatic N) is 4. The van der Waals surface area contributed by atoms with Crippen LogP contribution in [0.15, 0.2) is 87.0 Å². The quantitative estimate of drug-likeness (QED) is 0.252. The van der Waals surface area contributed by atoms with E-state index in [0.717, 1.165) is 55.7 Å². The van der Waals surface area contributed by atoms with Crippen LogP contribution in [0.4, 0.5) is 11.4 Å². The predicted molar refractivity (Wildman–Crippen MR) is 147 cm³/mol. The minimum absolute atomic E-state index is 0.182. The summed E-state index contributed by atoms with van der Waals surface area (Å²) in [7, 11) is 0. The molecular weight excluding hydrogens is 562 g/mol. The molecule has 0 bridgehead atoms. The number of aromatic amines is 1. The van der Waals surface area contributed by atoms with Crippen molar-refractivity contribution >= 4 is 77.4 Å². The van der Waals surface area contributed by atoms with E-state index in [1.807, 2.05) is 30.3 Å². The summed E-state index contributed by atoms with van der Waals surface area (Å²) in [4.78, 5) is 16.9. The Kier molecular flexibility index (Phi) is 6.32. The molecule has 166 valence electrons. The zero-order valence-electron chi connectivity index (χ0n) is 17.9. The Bertz CT molecular complexity index is 1330. The van der Waals surface area contributed by atoms with Gasteiger partial charge in [0.15, 0.2) is 5.11 Å². The molecule has 1 aromatic heterocycles. The van der Waals surface area contributed by atoms with Gasteiger partial charge in [0.05, 0.1) is 17.4 Å². The second-order valence-corrected chi connectivity index (χ2v) is 9.97. The molecule has 0 radical (unpaired) electrons. The number of anilines is 2. The predicted octanol–water partition coefficient (Wildman–Crippen LogP) is 7.25. The Morgan fingerprint density at radius 3 is 2.48 bits per heavy atom. The molecule has 1 aliphatic rings. The van der Waals surface area contributed by atoms with Gasteiger partial charge in [-0.15, -0.1) is 0 Å². The second-order valence-electron chi connectivity index (χ2n) is 7.77. The van der Waals surface area contributed by atoms with Crippen molar-refractivity contribution in [3.05, 3.63) is 87.6 Å². The molecule has 0 saturated carbocycles. The van der Waals surface area contributed by atoms with Crippen molar-refractivity contribution in [3.63, 3.8) is 0 Å². The fourth-order valence-electron chi connectivity index (χ4n) is 4.12. The molecule has 1 atom stereocenters. The third kappa shape index (κ3) is 4.23. The van der Waals surface area contributed by atoms with Crippen molar-refractivity contribution in [3.8, 4) is 0 Å². The lowest BCUT2D eigenvalue weighted by Gasteiger charge is -2.25. The van der Waals surface area contributed by atoms with Crippen LogP contribution >= 0.6 is 44.1 Å². The summed E-state index contributed by atoms with van der Waals surface area (Å²) < 4.78 is 1.99. The third-order valence-corrected chi connectivity index (χ3v) is 6.82. The van der Waals surface area contributed by atoms with Gasteiger partial charge in [0.25, 0.3) is 0 Å². The van der Waals surface area contributed by atoms with E-state index in [0.29, 0.717) is 5.11 Å². The summed E-state index contributed by atoms with van der Waals surface area (Å²) >= 11 is 13.4. The van der Waals surface area contributed by atoms with Gasteiger partial charge < -0.3 is 9.88 Å².